The summed E-state index contributed by atoms with van der Waals surface area (Å²) in [6.45, 7) is 0.606. The minimum absolute atomic E-state index is 0. The smallest absolute Gasteiger partial charge is 0.227 e. The van der Waals surface area contributed by atoms with Crippen LogP contribution < -0.4 is 4.90 Å². The molecule has 4 nitrogen and oxygen atoms in total. The number of pyridine rings is 1. The van der Waals surface area contributed by atoms with Gasteiger partial charge in [-0.05, 0) is 48.2 Å². The summed E-state index contributed by atoms with van der Waals surface area (Å²) < 4.78 is 0. The molecule has 2 aromatic heterocycles. The molecule has 0 saturated heterocycles. The van der Waals surface area contributed by atoms with Crippen molar-refractivity contribution in [3.05, 3.63) is 89.6 Å². The molecule has 6 heteroatoms. The molecule has 1 aliphatic rings. The van der Waals surface area contributed by atoms with Crippen molar-refractivity contribution in [2.45, 2.75) is 25.8 Å². The molecule has 0 bridgehead atoms. The average Bonchev–Trinajstić information content (AvgIpc) is 3.24. The molecule has 0 atom stereocenters. The Morgan fingerprint density at radius 2 is 1.74 bits per heavy atom. The summed E-state index contributed by atoms with van der Waals surface area (Å²) in [4.78, 5) is 23.7. The number of aromatic nitrogens is 2. The van der Waals surface area contributed by atoms with Gasteiger partial charge in [0.05, 0.1) is 12.2 Å². The standard InChI is InChI=1S/C25H21N3OS.ClH/c29-24-8-4-7-21-15-20(22-17-30-25(27-22)19-11-13-26-14-12-19)9-10-23(21)28(24)16-18-5-2-1-3-6-18;/h1-3,5-6,9-15,17H,4,7-8,16H2;1H. The van der Waals surface area contributed by atoms with E-state index in [1.54, 1.807) is 23.7 Å². The second kappa shape index (κ2) is 9.41. The van der Waals surface area contributed by atoms with Gasteiger partial charge in [-0.2, -0.15) is 0 Å². The number of anilines is 1. The Morgan fingerprint density at radius 1 is 0.935 bits per heavy atom. The maximum atomic E-state index is 12.8. The molecule has 1 amide bonds. The molecule has 0 aliphatic carbocycles. The highest BCUT2D eigenvalue weighted by atomic mass is 35.5. The Labute approximate surface area is 192 Å². The Morgan fingerprint density at radius 3 is 2.55 bits per heavy atom. The van der Waals surface area contributed by atoms with Gasteiger partial charge in [0, 0.05) is 41.0 Å². The van der Waals surface area contributed by atoms with Crippen LogP contribution in [0.2, 0.25) is 0 Å². The number of rotatable bonds is 4. The quantitative estimate of drug-likeness (QED) is 0.376. The molecule has 4 aromatic rings. The lowest BCUT2D eigenvalue weighted by molar-refractivity contribution is -0.118. The molecule has 0 fully saturated rings. The SMILES string of the molecule is Cl.O=C1CCCc2cc(-c3csc(-c4ccncc4)n3)ccc2N1Cc1ccccc1. The number of amides is 1. The minimum atomic E-state index is 0. The fourth-order valence-corrected chi connectivity index (χ4v) is 4.72. The van der Waals surface area contributed by atoms with Crippen molar-refractivity contribution < 1.29 is 4.79 Å². The van der Waals surface area contributed by atoms with E-state index in [0.717, 1.165) is 45.9 Å². The van der Waals surface area contributed by atoms with E-state index in [1.165, 1.54) is 5.56 Å². The van der Waals surface area contributed by atoms with Gasteiger partial charge in [0.1, 0.15) is 5.01 Å². The maximum Gasteiger partial charge on any atom is 0.227 e. The van der Waals surface area contributed by atoms with E-state index in [1.807, 2.05) is 35.2 Å². The van der Waals surface area contributed by atoms with Gasteiger partial charge < -0.3 is 4.90 Å². The monoisotopic (exact) mass is 447 g/mol. The van der Waals surface area contributed by atoms with Gasteiger partial charge in [0.25, 0.3) is 0 Å². The predicted octanol–water partition coefficient (Wildman–Crippen LogP) is 6.16. The third-order valence-electron chi connectivity index (χ3n) is 5.42. The molecule has 0 saturated carbocycles. The van der Waals surface area contributed by atoms with E-state index >= 15 is 0 Å². The van der Waals surface area contributed by atoms with Gasteiger partial charge in [-0.3, -0.25) is 9.78 Å². The first-order valence-electron chi connectivity index (χ1n) is 10.1. The largest absolute Gasteiger partial charge is 0.308 e. The predicted molar refractivity (Wildman–Crippen MR) is 129 cm³/mol. The molecule has 2 aromatic carbocycles. The Hall–Kier alpha value is -3.02. The zero-order valence-electron chi connectivity index (χ0n) is 16.9. The van der Waals surface area contributed by atoms with Gasteiger partial charge in [-0.1, -0.05) is 36.4 Å². The Balaban J connectivity index is 0.00000231. The van der Waals surface area contributed by atoms with Crippen LogP contribution in [0.25, 0.3) is 21.8 Å². The van der Waals surface area contributed by atoms with Crippen LogP contribution in [0, 0.1) is 0 Å². The number of carbonyl (C=O) groups excluding carboxylic acids is 1. The summed E-state index contributed by atoms with van der Waals surface area (Å²) in [6.07, 6.45) is 5.94. The first-order chi connectivity index (χ1) is 14.8. The third kappa shape index (κ3) is 4.53. The number of nitrogens with zero attached hydrogens (tertiary/aromatic N) is 3. The topological polar surface area (TPSA) is 46.1 Å². The van der Waals surface area contributed by atoms with E-state index in [4.69, 9.17) is 4.98 Å². The van der Waals surface area contributed by atoms with Crippen LogP contribution in [-0.4, -0.2) is 15.9 Å². The van der Waals surface area contributed by atoms with E-state index in [2.05, 4.69) is 40.7 Å². The fourth-order valence-electron chi connectivity index (χ4n) is 3.88. The fraction of sp³-hybridized carbons (Fsp3) is 0.160. The highest BCUT2D eigenvalue weighted by Crippen LogP contribution is 2.34. The normalized spacial score (nSPS) is 13.3. The van der Waals surface area contributed by atoms with Crippen LogP contribution in [0.3, 0.4) is 0 Å². The lowest BCUT2D eigenvalue weighted by Crippen LogP contribution is -2.29. The molecular formula is C25H22ClN3OS. The summed E-state index contributed by atoms with van der Waals surface area (Å²) in [5.74, 6) is 0.194. The number of carbonyl (C=O) groups is 1. The number of halogens is 1. The maximum absolute atomic E-state index is 12.8. The van der Waals surface area contributed by atoms with Crippen LogP contribution in [0.1, 0.15) is 24.0 Å². The third-order valence-corrected chi connectivity index (χ3v) is 6.31. The molecule has 156 valence electrons. The second-order valence-electron chi connectivity index (χ2n) is 7.44. The van der Waals surface area contributed by atoms with Gasteiger partial charge >= 0.3 is 0 Å². The van der Waals surface area contributed by atoms with Crippen LogP contribution in [0.15, 0.2) is 78.4 Å². The minimum Gasteiger partial charge on any atom is -0.308 e. The van der Waals surface area contributed by atoms with Crippen molar-refractivity contribution in [3.63, 3.8) is 0 Å². The molecule has 0 spiro atoms. The van der Waals surface area contributed by atoms with Gasteiger partial charge in [0.15, 0.2) is 0 Å². The van der Waals surface area contributed by atoms with Gasteiger partial charge in [-0.15, -0.1) is 23.7 Å². The van der Waals surface area contributed by atoms with Crippen LogP contribution in [0.5, 0.6) is 0 Å². The molecule has 1 aliphatic heterocycles. The number of fused-ring (bicyclic) bond motifs is 1. The molecule has 0 unspecified atom stereocenters. The molecule has 5 rings (SSSR count). The molecule has 0 N–H and O–H groups in total. The first kappa shape index (κ1) is 21.2. The van der Waals surface area contributed by atoms with Crippen LogP contribution in [0.4, 0.5) is 5.69 Å². The second-order valence-corrected chi connectivity index (χ2v) is 8.29. The number of benzene rings is 2. The van der Waals surface area contributed by atoms with E-state index in [9.17, 15) is 4.79 Å². The Kier molecular flexibility index (Phi) is 6.44. The van der Waals surface area contributed by atoms with E-state index in [-0.39, 0.29) is 18.3 Å². The van der Waals surface area contributed by atoms with Crippen LogP contribution >= 0.6 is 23.7 Å². The van der Waals surface area contributed by atoms with Crippen LogP contribution in [-0.2, 0) is 17.8 Å². The number of hydrogen-bond donors (Lipinski definition) is 0. The first-order valence-corrected chi connectivity index (χ1v) is 11.0. The van der Waals surface area contributed by atoms with Gasteiger partial charge in [-0.25, -0.2) is 4.98 Å². The van der Waals surface area contributed by atoms with Crippen molar-refractivity contribution in [3.8, 4) is 21.8 Å². The number of hydrogen-bond acceptors (Lipinski definition) is 4. The van der Waals surface area contributed by atoms with Crippen molar-refractivity contribution in [1.82, 2.24) is 9.97 Å². The zero-order chi connectivity index (χ0) is 20.3. The van der Waals surface area contributed by atoms with Crippen molar-refractivity contribution in [2.75, 3.05) is 4.90 Å². The van der Waals surface area contributed by atoms with Crippen molar-refractivity contribution in [1.29, 1.82) is 0 Å². The molecule has 0 radical (unpaired) electrons. The highest BCUT2D eigenvalue weighted by Gasteiger charge is 2.23. The van der Waals surface area contributed by atoms with Crippen molar-refractivity contribution in [2.24, 2.45) is 0 Å². The highest BCUT2D eigenvalue weighted by molar-refractivity contribution is 7.13. The molecule has 3 heterocycles. The van der Waals surface area contributed by atoms with E-state index < -0.39 is 0 Å². The Bertz CT molecular complexity index is 1180. The summed E-state index contributed by atoms with van der Waals surface area (Å²) in [6, 6.07) is 20.5. The lowest BCUT2D eigenvalue weighted by Gasteiger charge is -2.23. The number of thiazole rings is 1. The average molecular weight is 448 g/mol. The summed E-state index contributed by atoms with van der Waals surface area (Å²) in [5, 5.41) is 3.09. The zero-order valence-corrected chi connectivity index (χ0v) is 18.5. The van der Waals surface area contributed by atoms with Crippen molar-refractivity contribution >= 4 is 35.3 Å². The molecular weight excluding hydrogens is 426 g/mol. The number of aryl methyl sites for hydroxylation is 1. The van der Waals surface area contributed by atoms with E-state index in [0.29, 0.717) is 13.0 Å². The summed E-state index contributed by atoms with van der Waals surface area (Å²) >= 11 is 1.64. The lowest BCUT2D eigenvalue weighted by atomic mass is 10.0. The molecule has 31 heavy (non-hydrogen) atoms. The summed E-state index contributed by atoms with van der Waals surface area (Å²) in [5.41, 5.74) is 6.53. The van der Waals surface area contributed by atoms with Gasteiger partial charge in [0.2, 0.25) is 5.91 Å². The summed E-state index contributed by atoms with van der Waals surface area (Å²) in [7, 11) is 0.